The molecule has 2 aromatic carbocycles. The molecule has 2 rings (SSSR count). The monoisotopic (exact) mass is 427 g/mol. The fourth-order valence-electron chi connectivity index (χ4n) is 2.33. The van der Waals surface area contributed by atoms with Crippen LogP contribution in [-0.4, -0.2) is 48.3 Å². The van der Waals surface area contributed by atoms with Crippen molar-refractivity contribution in [1.82, 2.24) is 4.31 Å². The van der Waals surface area contributed by atoms with Crippen molar-refractivity contribution in [3.8, 4) is 5.75 Å². The predicted molar refractivity (Wildman–Crippen MR) is 105 cm³/mol. The number of methoxy groups -OCH3 is 1. The van der Waals surface area contributed by atoms with E-state index < -0.39 is 26.0 Å². The van der Waals surface area contributed by atoms with Crippen LogP contribution in [0.15, 0.2) is 47.4 Å². The second-order valence-corrected chi connectivity index (χ2v) is 9.94. The maximum Gasteiger partial charge on any atom is 0.261 e. The van der Waals surface area contributed by atoms with Crippen molar-refractivity contribution in [2.24, 2.45) is 5.73 Å². The van der Waals surface area contributed by atoms with Gasteiger partial charge in [0.15, 0.2) is 0 Å². The number of nitrogens with one attached hydrogen (secondary N) is 1. The molecule has 0 heterocycles. The van der Waals surface area contributed by atoms with Gasteiger partial charge in [0.25, 0.3) is 15.9 Å². The summed E-state index contributed by atoms with van der Waals surface area (Å²) in [5.41, 5.74) is 5.79. The molecular formula is C17H21N3O6S2. The molecule has 0 bridgehead atoms. The third-order valence-corrected chi connectivity index (χ3v) is 7.02. The van der Waals surface area contributed by atoms with Crippen LogP contribution in [0, 0.1) is 0 Å². The highest BCUT2D eigenvalue weighted by molar-refractivity contribution is 7.92. The number of nitrogens with zero attached hydrogens (tertiary/aromatic N) is 1. The van der Waals surface area contributed by atoms with Gasteiger partial charge in [0.05, 0.1) is 23.3 Å². The molecule has 2 aromatic rings. The first-order valence-corrected chi connectivity index (χ1v) is 11.1. The quantitative estimate of drug-likeness (QED) is 0.645. The maximum atomic E-state index is 12.7. The summed E-state index contributed by atoms with van der Waals surface area (Å²) in [4.78, 5) is 11.3. The zero-order chi connectivity index (χ0) is 21.1. The van der Waals surface area contributed by atoms with Crippen molar-refractivity contribution >= 4 is 31.6 Å². The summed E-state index contributed by atoms with van der Waals surface area (Å²) in [5.74, 6) is -0.948. The molecule has 0 unspecified atom stereocenters. The molecule has 0 aromatic heterocycles. The van der Waals surface area contributed by atoms with E-state index in [1.807, 2.05) is 0 Å². The van der Waals surface area contributed by atoms with Gasteiger partial charge in [-0.15, -0.1) is 0 Å². The normalized spacial score (nSPS) is 12.0. The average Bonchev–Trinajstić information content (AvgIpc) is 2.60. The summed E-state index contributed by atoms with van der Waals surface area (Å²) in [7, 11) is -3.37. The predicted octanol–water partition coefficient (Wildman–Crippen LogP) is 0.986. The molecule has 28 heavy (non-hydrogen) atoms. The van der Waals surface area contributed by atoms with Crippen molar-refractivity contribution in [2.45, 2.75) is 10.6 Å². The van der Waals surface area contributed by atoms with Crippen LogP contribution >= 0.6 is 0 Å². The topological polar surface area (TPSA) is 136 Å². The highest BCUT2D eigenvalue weighted by Gasteiger charge is 2.20. The van der Waals surface area contributed by atoms with Gasteiger partial charge in [-0.1, -0.05) is 12.1 Å². The number of ether oxygens (including phenoxy) is 1. The van der Waals surface area contributed by atoms with E-state index in [1.54, 1.807) is 12.1 Å². The summed E-state index contributed by atoms with van der Waals surface area (Å²) in [6.45, 7) is 0. The molecule has 0 saturated carbocycles. The van der Waals surface area contributed by atoms with Crippen LogP contribution in [0.2, 0.25) is 0 Å². The summed E-state index contributed by atoms with van der Waals surface area (Å²) >= 11 is 0. The van der Waals surface area contributed by atoms with E-state index in [-0.39, 0.29) is 27.6 Å². The smallest absolute Gasteiger partial charge is 0.261 e. The van der Waals surface area contributed by atoms with E-state index in [0.29, 0.717) is 5.56 Å². The van der Waals surface area contributed by atoms with Gasteiger partial charge in [-0.2, -0.15) is 0 Å². The lowest BCUT2D eigenvalue weighted by atomic mass is 10.2. The third kappa shape index (κ3) is 5.00. The second kappa shape index (κ2) is 8.17. The summed E-state index contributed by atoms with van der Waals surface area (Å²) < 4.78 is 57.8. The average molecular weight is 428 g/mol. The van der Waals surface area contributed by atoms with Gasteiger partial charge in [0.1, 0.15) is 5.75 Å². The number of benzene rings is 2. The number of carbonyl (C=O) groups is 1. The van der Waals surface area contributed by atoms with E-state index in [4.69, 9.17) is 10.5 Å². The number of amides is 1. The molecule has 11 heteroatoms. The number of sulfonamides is 2. The molecule has 0 atom stereocenters. The molecular weight excluding hydrogens is 406 g/mol. The highest BCUT2D eigenvalue weighted by Crippen LogP contribution is 2.24. The fourth-order valence-corrected chi connectivity index (χ4v) is 4.26. The SMILES string of the molecule is COc1ccc(S(=O)(=O)Nc2cccc(CS(=O)(=O)N(C)C)c2)cc1C(N)=O. The Bertz CT molecular complexity index is 1100. The lowest BCUT2D eigenvalue weighted by Crippen LogP contribution is -2.23. The molecule has 0 spiro atoms. The Kier molecular flexibility index (Phi) is 6.32. The Morgan fingerprint density at radius 1 is 1.11 bits per heavy atom. The van der Waals surface area contributed by atoms with Crippen LogP contribution in [0.4, 0.5) is 5.69 Å². The van der Waals surface area contributed by atoms with Gasteiger partial charge in [0, 0.05) is 19.8 Å². The number of rotatable bonds is 8. The highest BCUT2D eigenvalue weighted by atomic mass is 32.2. The summed E-state index contributed by atoms with van der Waals surface area (Å²) in [5, 5.41) is 0. The molecule has 3 N–H and O–H groups in total. The van der Waals surface area contributed by atoms with E-state index >= 15 is 0 Å². The van der Waals surface area contributed by atoms with E-state index in [1.165, 1.54) is 45.5 Å². The Labute approximate surface area is 164 Å². The van der Waals surface area contributed by atoms with Crippen molar-refractivity contribution in [3.63, 3.8) is 0 Å². The Morgan fingerprint density at radius 3 is 2.36 bits per heavy atom. The van der Waals surface area contributed by atoms with Crippen LogP contribution in [0.5, 0.6) is 5.75 Å². The molecule has 0 aliphatic heterocycles. The van der Waals surface area contributed by atoms with Gasteiger partial charge < -0.3 is 10.5 Å². The molecule has 152 valence electrons. The zero-order valence-electron chi connectivity index (χ0n) is 15.5. The number of carbonyl (C=O) groups excluding carboxylic acids is 1. The number of hydrogen-bond acceptors (Lipinski definition) is 6. The van der Waals surface area contributed by atoms with Gasteiger partial charge in [-0.05, 0) is 35.9 Å². The third-order valence-electron chi connectivity index (χ3n) is 3.83. The number of nitrogens with two attached hydrogens (primary N) is 1. The first-order valence-electron chi connectivity index (χ1n) is 7.96. The molecule has 0 fully saturated rings. The van der Waals surface area contributed by atoms with Gasteiger partial charge in [0.2, 0.25) is 10.0 Å². The minimum absolute atomic E-state index is 0.0730. The molecule has 1 amide bonds. The first-order chi connectivity index (χ1) is 13.0. The van der Waals surface area contributed by atoms with Crippen LogP contribution < -0.4 is 15.2 Å². The summed E-state index contributed by atoms with van der Waals surface area (Å²) in [6, 6.07) is 9.75. The maximum absolute atomic E-state index is 12.7. The number of primary amides is 1. The first kappa shape index (κ1) is 21.7. The molecule has 0 radical (unpaired) electrons. The van der Waals surface area contributed by atoms with Crippen LogP contribution in [0.25, 0.3) is 0 Å². The van der Waals surface area contributed by atoms with Gasteiger partial charge in [-0.25, -0.2) is 21.1 Å². The summed E-state index contributed by atoms with van der Waals surface area (Å²) in [6.07, 6.45) is 0. The van der Waals surface area contributed by atoms with E-state index in [9.17, 15) is 21.6 Å². The van der Waals surface area contributed by atoms with Gasteiger partial charge >= 0.3 is 0 Å². The number of hydrogen-bond donors (Lipinski definition) is 2. The Hall–Kier alpha value is -2.63. The molecule has 9 nitrogen and oxygen atoms in total. The second-order valence-electron chi connectivity index (χ2n) is 6.07. The molecule has 0 aliphatic carbocycles. The number of anilines is 1. The molecule has 0 aliphatic rings. The largest absolute Gasteiger partial charge is 0.496 e. The van der Waals surface area contributed by atoms with Crippen molar-refractivity contribution in [1.29, 1.82) is 0 Å². The van der Waals surface area contributed by atoms with Gasteiger partial charge in [-0.3, -0.25) is 9.52 Å². The van der Waals surface area contributed by atoms with Crippen molar-refractivity contribution in [3.05, 3.63) is 53.6 Å². The molecule has 0 saturated heterocycles. The lowest BCUT2D eigenvalue weighted by molar-refractivity contribution is 0.0997. The Morgan fingerprint density at radius 2 is 1.79 bits per heavy atom. The van der Waals surface area contributed by atoms with E-state index in [0.717, 1.165) is 10.4 Å². The minimum Gasteiger partial charge on any atom is -0.496 e. The van der Waals surface area contributed by atoms with E-state index in [2.05, 4.69) is 4.72 Å². The zero-order valence-corrected chi connectivity index (χ0v) is 17.2. The lowest BCUT2D eigenvalue weighted by Gasteiger charge is -2.13. The Balaban J connectivity index is 2.34. The van der Waals surface area contributed by atoms with Crippen LogP contribution in [0.1, 0.15) is 15.9 Å². The van der Waals surface area contributed by atoms with Crippen molar-refractivity contribution < 1.29 is 26.4 Å². The minimum atomic E-state index is -4.04. The fraction of sp³-hybridized carbons (Fsp3) is 0.235. The standard InChI is InChI=1S/C17H21N3O6S2/c1-20(2)27(22,23)11-12-5-4-6-13(9-12)19-28(24,25)14-7-8-16(26-3)15(10-14)17(18)21/h4-10,19H,11H2,1-3H3,(H2,18,21). The van der Waals surface area contributed by atoms with Crippen molar-refractivity contribution in [2.75, 3.05) is 25.9 Å². The van der Waals surface area contributed by atoms with Crippen LogP contribution in [0.3, 0.4) is 0 Å². The van der Waals surface area contributed by atoms with Crippen LogP contribution in [-0.2, 0) is 25.8 Å².